The highest BCUT2D eigenvalue weighted by atomic mass is 16.4. The normalized spacial score (nSPS) is 13.6. The number of aliphatic hydroxyl groups excluding tert-OH is 1. The summed E-state index contributed by atoms with van der Waals surface area (Å²) in [6.45, 7) is 5.02. The third-order valence-electron chi connectivity index (χ3n) is 4.29. The number of hydrogen-bond donors (Lipinski definition) is 4. The van der Waals surface area contributed by atoms with Crippen LogP contribution in [-0.2, 0) is 4.79 Å². The molecule has 0 aliphatic carbocycles. The van der Waals surface area contributed by atoms with Crippen LogP contribution in [0, 0.1) is 5.92 Å². The van der Waals surface area contributed by atoms with Gasteiger partial charge in [0.2, 0.25) is 0 Å². The first-order valence-corrected chi connectivity index (χ1v) is 9.69. The Labute approximate surface area is 175 Å². The molecule has 2 amide bonds. The minimum Gasteiger partial charge on any atom is -0.426 e. The van der Waals surface area contributed by atoms with Crippen LogP contribution in [0.25, 0.3) is 11.3 Å². The highest BCUT2D eigenvalue weighted by Crippen LogP contribution is 2.17. The quantitative estimate of drug-likeness (QED) is 0.382. The zero-order valence-corrected chi connectivity index (χ0v) is 17.2. The molecule has 0 bridgehead atoms. The number of aromatic nitrogens is 1. The number of hydrogen-bond acceptors (Lipinski definition) is 6. The maximum atomic E-state index is 12.6. The second-order valence-corrected chi connectivity index (χ2v) is 7.38. The second-order valence-electron chi connectivity index (χ2n) is 7.38. The second kappa shape index (κ2) is 10.8. The number of aliphatic hydroxyl groups is 1. The molecule has 0 unspecified atom stereocenters. The Kier molecular flexibility index (Phi) is 8.40. The monoisotopic (exact) mass is 411 g/mol. The fourth-order valence-corrected chi connectivity index (χ4v) is 2.83. The highest BCUT2D eigenvalue weighted by Gasteiger charge is 2.29. The van der Waals surface area contributed by atoms with Crippen LogP contribution < -0.4 is 5.32 Å². The lowest BCUT2D eigenvalue weighted by Crippen LogP contribution is -2.51. The van der Waals surface area contributed by atoms with Crippen LogP contribution in [0.3, 0.4) is 0 Å². The zero-order valence-electron chi connectivity index (χ0n) is 17.2. The van der Waals surface area contributed by atoms with Gasteiger partial charge < -0.3 is 20.5 Å². The molecule has 0 aliphatic heterocycles. The molecule has 8 nitrogen and oxygen atoms in total. The van der Waals surface area contributed by atoms with Crippen LogP contribution in [0.4, 0.5) is 0 Å². The average Bonchev–Trinajstić information content (AvgIpc) is 2.71. The minimum absolute atomic E-state index is 0.0169. The third kappa shape index (κ3) is 6.58. The molecular weight excluding hydrogens is 385 g/mol. The fourth-order valence-electron chi connectivity index (χ4n) is 2.83. The number of nitrogens with one attached hydrogen (secondary N) is 1. The van der Waals surface area contributed by atoms with Gasteiger partial charge >= 0.3 is 7.12 Å². The standard InChI is InChI=1S/C21H26BN3O5/c1-13(2)12-18(22(29)30)24-21(28)19(14(3)26)25-20(27)17-11-7-10-16(23-17)15-8-5-4-6-9-15/h4-11,13-14,18,26,29-30H,12H2,1-3H3,(H,24,28)/t14-,18+/m1/s1. The van der Waals surface area contributed by atoms with E-state index in [0.29, 0.717) is 12.1 Å². The Hall–Kier alpha value is -2.88. The summed E-state index contributed by atoms with van der Waals surface area (Å²) in [5, 5.41) is 31.4. The van der Waals surface area contributed by atoms with Crippen molar-refractivity contribution in [3.05, 3.63) is 54.2 Å². The van der Waals surface area contributed by atoms with E-state index in [1.165, 1.54) is 13.0 Å². The molecule has 0 saturated heterocycles. The Balaban J connectivity index is 2.26. The van der Waals surface area contributed by atoms with Gasteiger partial charge in [0.15, 0.2) is 0 Å². The van der Waals surface area contributed by atoms with Crippen molar-refractivity contribution in [2.45, 2.75) is 39.2 Å². The number of rotatable bonds is 8. The molecule has 1 aromatic heterocycles. The van der Waals surface area contributed by atoms with Crippen molar-refractivity contribution in [1.82, 2.24) is 10.3 Å². The van der Waals surface area contributed by atoms with Crippen molar-refractivity contribution in [1.29, 1.82) is 0 Å². The van der Waals surface area contributed by atoms with E-state index in [0.717, 1.165) is 5.56 Å². The SMILES string of the molecule is CC(C)C[C@H](NC(=O)C(=NC(=O)c1cccc(-c2ccccc2)n1)[C@@H](C)O)B(O)O. The molecule has 2 aromatic rings. The molecule has 2 rings (SSSR count). The third-order valence-corrected chi connectivity index (χ3v) is 4.29. The molecule has 0 saturated carbocycles. The van der Waals surface area contributed by atoms with Gasteiger partial charge in [0.1, 0.15) is 11.4 Å². The molecule has 0 radical (unpaired) electrons. The first-order chi connectivity index (χ1) is 14.2. The van der Waals surface area contributed by atoms with Gasteiger partial charge in [0, 0.05) is 5.56 Å². The summed E-state index contributed by atoms with van der Waals surface area (Å²) in [6, 6.07) is 14.1. The van der Waals surface area contributed by atoms with Gasteiger partial charge in [-0.25, -0.2) is 9.98 Å². The zero-order chi connectivity index (χ0) is 22.3. The maximum Gasteiger partial charge on any atom is 0.475 e. The van der Waals surface area contributed by atoms with E-state index >= 15 is 0 Å². The fraction of sp³-hybridized carbons (Fsp3) is 0.333. The van der Waals surface area contributed by atoms with Crippen LogP contribution in [0.5, 0.6) is 0 Å². The van der Waals surface area contributed by atoms with E-state index in [4.69, 9.17) is 0 Å². The van der Waals surface area contributed by atoms with Crippen LogP contribution in [-0.4, -0.2) is 56.8 Å². The van der Waals surface area contributed by atoms with E-state index < -0.39 is 36.7 Å². The van der Waals surface area contributed by atoms with Crippen molar-refractivity contribution >= 4 is 24.6 Å². The average molecular weight is 411 g/mol. The molecule has 2 atom stereocenters. The Morgan fingerprint density at radius 1 is 1.07 bits per heavy atom. The van der Waals surface area contributed by atoms with E-state index in [1.807, 2.05) is 44.2 Å². The number of aliphatic imine (C=N–C) groups is 1. The summed E-state index contributed by atoms with van der Waals surface area (Å²) >= 11 is 0. The molecule has 0 fully saturated rings. The van der Waals surface area contributed by atoms with Gasteiger partial charge in [-0.15, -0.1) is 0 Å². The van der Waals surface area contributed by atoms with Crippen molar-refractivity contribution in [2.24, 2.45) is 10.9 Å². The number of carbonyl (C=O) groups excluding carboxylic acids is 2. The van der Waals surface area contributed by atoms with E-state index in [1.54, 1.807) is 12.1 Å². The molecule has 158 valence electrons. The van der Waals surface area contributed by atoms with Gasteiger partial charge in [-0.1, -0.05) is 50.2 Å². The van der Waals surface area contributed by atoms with Crippen LogP contribution in [0.15, 0.2) is 53.5 Å². The molecule has 0 spiro atoms. The minimum atomic E-state index is -1.79. The largest absolute Gasteiger partial charge is 0.475 e. The highest BCUT2D eigenvalue weighted by molar-refractivity contribution is 6.47. The first-order valence-electron chi connectivity index (χ1n) is 9.69. The lowest BCUT2D eigenvalue weighted by Gasteiger charge is -2.20. The van der Waals surface area contributed by atoms with Crippen LogP contribution in [0.2, 0.25) is 0 Å². The Bertz CT molecular complexity index is 901. The van der Waals surface area contributed by atoms with Crippen LogP contribution >= 0.6 is 0 Å². The van der Waals surface area contributed by atoms with Crippen molar-refractivity contribution in [3.8, 4) is 11.3 Å². The van der Waals surface area contributed by atoms with Gasteiger partial charge in [0.05, 0.1) is 17.7 Å². The van der Waals surface area contributed by atoms with Gasteiger partial charge in [-0.05, 0) is 31.4 Å². The number of pyridine rings is 1. The number of benzene rings is 1. The number of nitrogens with zero attached hydrogens (tertiary/aromatic N) is 2. The molecule has 30 heavy (non-hydrogen) atoms. The maximum absolute atomic E-state index is 12.6. The van der Waals surface area contributed by atoms with Crippen molar-refractivity contribution in [2.75, 3.05) is 0 Å². The van der Waals surface area contributed by atoms with Crippen molar-refractivity contribution in [3.63, 3.8) is 0 Å². The molecule has 1 aromatic carbocycles. The summed E-state index contributed by atoms with van der Waals surface area (Å²) in [4.78, 5) is 33.2. The molecule has 9 heteroatoms. The summed E-state index contributed by atoms with van der Waals surface area (Å²) in [5.41, 5.74) is 0.975. The van der Waals surface area contributed by atoms with Crippen molar-refractivity contribution < 1.29 is 24.7 Å². The van der Waals surface area contributed by atoms with Gasteiger partial charge in [-0.2, -0.15) is 0 Å². The summed E-state index contributed by atoms with van der Waals surface area (Å²) in [5.74, 6) is -2.52. The number of amides is 2. The molecule has 1 heterocycles. The molecule has 0 aliphatic rings. The smallest absolute Gasteiger partial charge is 0.426 e. The lowest BCUT2D eigenvalue weighted by atomic mass is 9.75. The predicted octanol–water partition coefficient (Wildman–Crippen LogP) is 1.25. The number of carbonyl (C=O) groups is 2. The van der Waals surface area contributed by atoms with E-state index in [2.05, 4.69) is 15.3 Å². The van der Waals surface area contributed by atoms with Crippen LogP contribution in [0.1, 0.15) is 37.7 Å². The van der Waals surface area contributed by atoms with Gasteiger partial charge in [-0.3, -0.25) is 9.59 Å². The molecular formula is C21H26BN3O5. The summed E-state index contributed by atoms with van der Waals surface area (Å²) < 4.78 is 0. The summed E-state index contributed by atoms with van der Waals surface area (Å²) in [7, 11) is -1.79. The van der Waals surface area contributed by atoms with E-state index in [9.17, 15) is 24.7 Å². The lowest BCUT2D eigenvalue weighted by molar-refractivity contribution is -0.115. The van der Waals surface area contributed by atoms with E-state index in [-0.39, 0.29) is 11.6 Å². The Morgan fingerprint density at radius 2 is 1.73 bits per heavy atom. The topological polar surface area (TPSA) is 132 Å². The Morgan fingerprint density at radius 3 is 2.30 bits per heavy atom. The predicted molar refractivity (Wildman–Crippen MR) is 115 cm³/mol. The van der Waals surface area contributed by atoms with Gasteiger partial charge in [0.25, 0.3) is 11.8 Å². The summed E-state index contributed by atoms with van der Waals surface area (Å²) in [6.07, 6.45) is -1.05. The molecule has 4 N–H and O–H groups in total. The first kappa shape index (κ1) is 23.4.